The van der Waals surface area contributed by atoms with Gasteiger partial charge in [-0.3, -0.25) is 9.69 Å². The molecule has 0 unspecified atom stereocenters. The van der Waals surface area contributed by atoms with Gasteiger partial charge in [-0.1, -0.05) is 13.8 Å². The molecule has 25 heavy (non-hydrogen) atoms. The first-order valence-corrected chi connectivity index (χ1v) is 9.38. The average Bonchev–Trinajstić information content (AvgIpc) is 3.05. The van der Waals surface area contributed by atoms with Crippen molar-refractivity contribution in [1.29, 1.82) is 0 Å². The Hall–Kier alpha value is -1.77. The molecule has 8 heteroatoms. The first-order valence-electron chi connectivity index (χ1n) is 8.57. The minimum absolute atomic E-state index is 0.0324. The van der Waals surface area contributed by atoms with E-state index in [1.54, 1.807) is 30.8 Å². The standard InChI is InChI=1S/C17H25N5O2S/c1-12(2)14-9-19-15(25-14)11-22-6-7-24-13(10-22)8-20-16-17(23)21(3)5-4-18-16/h4-5,9,12-13H,6-8,10-11H2,1-3H3,(H,18,20)/t13-/m0/s1. The predicted octanol–water partition coefficient (Wildman–Crippen LogP) is 1.67. The highest BCUT2D eigenvalue weighted by molar-refractivity contribution is 7.11. The van der Waals surface area contributed by atoms with Crippen molar-refractivity contribution in [3.8, 4) is 0 Å². The molecule has 2 aromatic heterocycles. The molecule has 0 spiro atoms. The molecule has 1 N–H and O–H groups in total. The summed E-state index contributed by atoms with van der Waals surface area (Å²) >= 11 is 1.79. The zero-order valence-electron chi connectivity index (χ0n) is 14.9. The summed E-state index contributed by atoms with van der Waals surface area (Å²) in [7, 11) is 1.72. The van der Waals surface area contributed by atoms with Crippen LogP contribution in [0.3, 0.4) is 0 Å². The molecular weight excluding hydrogens is 338 g/mol. The summed E-state index contributed by atoms with van der Waals surface area (Å²) < 4.78 is 7.34. The Morgan fingerprint density at radius 3 is 3.04 bits per heavy atom. The molecule has 1 aliphatic rings. The lowest BCUT2D eigenvalue weighted by Crippen LogP contribution is -2.45. The summed E-state index contributed by atoms with van der Waals surface area (Å²) in [6.07, 6.45) is 5.28. The van der Waals surface area contributed by atoms with Crippen molar-refractivity contribution in [2.45, 2.75) is 32.4 Å². The van der Waals surface area contributed by atoms with Crippen molar-refractivity contribution in [2.24, 2.45) is 7.05 Å². The molecule has 1 atom stereocenters. The molecule has 136 valence electrons. The zero-order valence-corrected chi connectivity index (χ0v) is 15.8. The third kappa shape index (κ3) is 4.65. The molecule has 0 aliphatic carbocycles. The van der Waals surface area contributed by atoms with Crippen LogP contribution in [0.1, 0.15) is 29.7 Å². The fourth-order valence-electron chi connectivity index (χ4n) is 2.73. The third-order valence-electron chi connectivity index (χ3n) is 4.24. The van der Waals surface area contributed by atoms with Crippen LogP contribution < -0.4 is 10.9 Å². The van der Waals surface area contributed by atoms with Gasteiger partial charge in [-0.15, -0.1) is 11.3 Å². The molecule has 3 rings (SSSR count). The van der Waals surface area contributed by atoms with Gasteiger partial charge in [0, 0.05) is 50.1 Å². The van der Waals surface area contributed by atoms with Crippen LogP contribution in [0.2, 0.25) is 0 Å². The van der Waals surface area contributed by atoms with E-state index < -0.39 is 0 Å². The van der Waals surface area contributed by atoms with E-state index in [-0.39, 0.29) is 11.7 Å². The fraction of sp³-hybridized carbons (Fsp3) is 0.588. The molecule has 0 radical (unpaired) electrons. The number of thiazole rings is 1. The van der Waals surface area contributed by atoms with Gasteiger partial charge in [-0.2, -0.15) is 0 Å². The first-order chi connectivity index (χ1) is 12.0. The molecule has 1 saturated heterocycles. The van der Waals surface area contributed by atoms with E-state index in [0.29, 0.717) is 24.9 Å². The lowest BCUT2D eigenvalue weighted by atomic mass is 10.2. The molecule has 1 aliphatic heterocycles. The van der Waals surface area contributed by atoms with Gasteiger partial charge in [-0.25, -0.2) is 9.97 Å². The van der Waals surface area contributed by atoms with Crippen molar-refractivity contribution in [2.75, 3.05) is 31.6 Å². The molecule has 0 amide bonds. The number of anilines is 1. The van der Waals surface area contributed by atoms with Crippen molar-refractivity contribution in [3.05, 3.63) is 38.8 Å². The average molecular weight is 363 g/mol. The van der Waals surface area contributed by atoms with Gasteiger partial charge >= 0.3 is 0 Å². The van der Waals surface area contributed by atoms with Crippen LogP contribution >= 0.6 is 11.3 Å². The van der Waals surface area contributed by atoms with Gasteiger partial charge in [0.1, 0.15) is 5.01 Å². The predicted molar refractivity (Wildman–Crippen MR) is 99.2 cm³/mol. The number of ether oxygens (including phenoxy) is 1. The maximum Gasteiger partial charge on any atom is 0.293 e. The van der Waals surface area contributed by atoms with Gasteiger partial charge < -0.3 is 14.6 Å². The molecule has 3 heterocycles. The first kappa shape index (κ1) is 18.0. The van der Waals surface area contributed by atoms with Crippen LogP contribution in [-0.4, -0.2) is 51.8 Å². The van der Waals surface area contributed by atoms with Crippen molar-refractivity contribution >= 4 is 17.2 Å². The molecular formula is C17H25N5O2S. The summed E-state index contributed by atoms with van der Waals surface area (Å²) in [5.74, 6) is 0.890. The second-order valence-electron chi connectivity index (χ2n) is 6.61. The fourth-order valence-corrected chi connectivity index (χ4v) is 3.70. The second kappa shape index (κ2) is 8.07. The summed E-state index contributed by atoms with van der Waals surface area (Å²) in [4.78, 5) is 24.3. The molecule has 2 aromatic rings. The number of aryl methyl sites for hydroxylation is 1. The van der Waals surface area contributed by atoms with Gasteiger partial charge in [0.05, 0.1) is 19.3 Å². The van der Waals surface area contributed by atoms with E-state index in [0.717, 1.165) is 24.6 Å². The number of nitrogens with zero attached hydrogens (tertiary/aromatic N) is 4. The highest BCUT2D eigenvalue weighted by Crippen LogP contribution is 2.23. The number of rotatable bonds is 6. The number of aromatic nitrogens is 3. The van der Waals surface area contributed by atoms with Gasteiger partial charge in [0.25, 0.3) is 5.56 Å². The summed E-state index contributed by atoms with van der Waals surface area (Å²) in [6, 6.07) is 0. The molecule has 0 aromatic carbocycles. The van der Waals surface area contributed by atoms with E-state index in [4.69, 9.17) is 4.74 Å². The smallest absolute Gasteiger partial charge is 0.293 e. The Morgan fingerprint density at radius 1 is 1.44 bits per heavy atom. The van der Waals surface area contributed by atoms with Crippen LogP contribution in [0.4, 0.5) is 5.82 Å². The van der Waals surface area contributed by atoms with Gasteiger partial charge in [0.2, 0.25) is 0 Å². The summed E-state index contributed by atoms with van der Waals surface area (Å²) in [6.45, 7) is 8.20. The Bertz CT molecular complexity index is 757. The maximum absolute atomic E-state index is 12.0. The van der Waals surface area contributed by atoms with E-state index in [1.165, 1.54) is 9.44 Å². The van der Waals surface area contributed by atoms with E-state index in [1.807, 2.05) is 6.20 Å². The number of morpholine rings is 1. The second-order valence-corrected chi connectivity index (χ2v) is 7.76. The summed E-state index contributed by atoms with van der Waals surface area (Å²) in [5, 5.41) is 4.27. The highest BCUT2D eigenvalue weighted by Gasteiger charge is 2.22. The molecule has 7 nitrogen and oxygen atoms in total. The monoisotopic (exact) mass is 363 g/mol. The topological polar surface area (TPSA) is 72.3 Å². The lowest BCUT2D eigenvalue weighted by Gasteiger charge is -2.32. The summed E-state index contributed by atoms with van der Waals surface area (Å²) in [5.41, 5.74) is -0.126. The zero-order chi connectivity index (χ0) is 17.8. The van der Waals surface area contributed by atoms with Crippen molar-refractivity contribution in [1.82, 2.24) is 19.4 Å². The Balaban J connectivity index is 1.54. The Morgan fingerprint density at radius 2 is 2.28 bits per heavy atom. The van der Waals surface area contributed by atoms with Crippen LogP contribution in [0.15, 0.2) is 23.4 Å². The largest absolute Gasteiger partial charge is 0.374 e. The van der Waals surface area contributed by atoms with Gasteiger partial charge in [0.15, 0.2) is 5.82 Å². The lowest BCUT2D eigenvalue weighted by molar-refractivity contribution is -0.0241. The van der Waals surface area contributed by atoms with Crippen molar-refractivity contribution in [3.63, 3.8) is 0 Å². The van der Waals surface area contributed by atoms with Crippen LogP contribution in [0.25, 0.3) is 0 Å². The Kier molecular flexibility index (Phi) is 5.82. The number of nitrogens with one attached hydrogen (secondary N) is 1. The van der Waals surface area contributed by atoms with Crippen LogP contribution in [-0.2, 0) is 18.3 Å². The van der Waals surface area contributed by atoms with Gasteiger partial charge in [-0.05, 0) is 5.92 Å². The van der Waals surface area contributed by atoms with E-state index in [2.05, 4.69) is 34.0 Å². The number of hydrogen-bond donors (Lipinski definition) is 1. The molecule has 0 bridgehead atoms. The molecule has 1 fully saturated rings. The van der Waals surface area contributed by atoms with Crippen molar-refractivity contribution < 1.29 is 4.74 Å². The third-order valence-corrected chi connectivity index (χ3v) is 5.52. The number of hydrogen-bond acceptors (Lipinski definition) is 7. The van der Waals surface area contributed by atoms with Crippen LogP contribution in [0.5, 0.6) is 0 Å². The Labute approximate surface area is 151 Å². The SMILES string of the molecule is CC(C)c1cnc(CN2CCO[C@@H](CNc3nccn(C)c3=O)C2)s1. The minimum atomic E-state index is -0.126. The van der Waals surface area contributed by atoms with E-state index >= 15 is 0 Å². The molecule has 0 saturated carbocycles. The van der Waals surface area contributed by atoms with Crippen LogP contribution in [0, 0.1) is 0 Å². The normalized spacial score (nSPS) is 18.6. The highest BCUT2D eigenvalue weighted by atomic mass is 32.1. The maximum atomic E-state index is 12.0. The minimum Gasteiger partial charge on any atom is -0.374 e. The van der Waals surface area contributed by atoms with E-state index in [9.17, 15) is 4.79 Å². The quantitative estimate of drug-likeness (QED) is 0.842.